The van der Waals surface area contributed by atoms with Gasteiger partial charge in [-0.2, -0.15) is 0 Å². The minimum Gasteiger partial charge on any atom is -0.457 e. The number of aliphatic hydroxyl groups excluding tert-OH is 8. The van der Waals surface area contributed by atoms with Crippen LogP contribution in [0.3, 0.4) is 0 Å². The van der Waals surface area contributed by atoms with Crippen LogP contribution in [0.25, 0.3) is 0 Å². The van der Waals surface area contributed by atoms with E-state index < -0.39 is 184 Å². The highest BCUT2D eigenvalue weighted by Gasteiger charge is 2.59. The van der Waals surface area contributed by atoms with Gasteiger partial charge < -0.3 is 107 Å². The number of hydrogen-bond donors (Lipinski definition) is 8. The summed E-state index contributed by atoms with van der Waals surface area (Å²) < 4.78 is 91.0. The highest BCUT2D eigenvalue weighted by Crippen LogP contribution is 2.41. The zero-order valence-electron chi connectivity index (χ0n) is 78.4. The molecule has 0 saturated carbocycles. The molecule has 6 aliphatic heterocycles. The van der Waals surface area contributed by atoms with Gasteiger partial charge in [0.2, 0.25) is 0 Å². The van der Waals surface area contributed by atoms with E-state index in [0.717, 1.165) is 148 Å². The van der Waals surface area contributed by atoms with Gasteiger partial charge in [-0.25, -0.2) is 0 Å². The summed E-state index contributed by atoms with van der Waals surface area (Å²) in [6.07, 6.45) is 17.3. The first kappa shape index (κ1) is 110. The molecule has 6 rings (SSSR count). The van der Waals surface area contributed by atoms with Crippen LogP contribution in [-0.4, -0.2) is 231 Å². The molecule has 0 spiro atoms. The first-order chi connectivity index (χ1) is 60.2. The Bertz CT molecular complexity index is 2700. The summed E-state index contributed by atoms with van der Waals surface area (Å²) in [5.41, 5.74) is 0. The normalized spacial score (nSPS) is 32.5. The van der Waals surface area contributed by atoms with E-state index >= 15 is 0 Å². The maximum absolute atomic E-state index is 15.0. The second-order valence-corrected chi connectivity index (χ2v) is 37.4. The van der Waals surface area contributed by atoms with Crippen molar-refractivity contribution in [3.05, 3.63) is 0 Å². The summed E-state index contributed by atoms with van der Waals surface area (Å²) in [5, 5.41) is 95.7. The quantitative estimate of drug-likeness (QED) is 0.0159. The summed E-state index contributed by atoms with van der Waals surface area (Å²) in [6.45, 7) is 14.2. The maximum Gasteiger partial charge on any atom is 0.306 e. The standard InChI is InChI=1S/C98H178O26/c1-9-13-17-20-23-26-29-32-33-34-35-38-41-43-48-53-59-65-76(101)118-89-80(105)74(68-99)116-96(84(89)109)124-92-88(121-94-83(108)82(107)86(70(6)112-94)117-75(100)64-58-52-47-42-39-36-30-27-24-21-18-14-10-2)72(8)114-98(93(92)120-78(103)67-61-54-49-44-40-37-31-28-25-22-19-15-11-3)122-87-71(7)113-95-85(110)90(87)119-77(102)66-60-55-50-45-46-51-57-63-73(62-56-16-12-4)115-97-91(123-95)81(106)79(104)69(5)111-97/h69-74,79-99,104-110H,9-68H2,1-8H3/t69-,70+,71+,72+,73-,74+,79-,80+,81+,82+,83+,84+,85+,86+,87-,88+,89-,90-,91-,92-,93+,94-,95-,96-,97+,98-/m1/s1. The van der Waals surface area contributed by atoms with Gasteiger partial charge in [0.25, 0.3) is 0 Å². The van der Waals surface area contributed by atoms with Gasteiger partial charge >= 0.3 is 23.9 Å². The zero-order chi connectivity index (χ0) is 89.6. The molecule has 6 aliphatic rings. The van der Waals surface area contributed by atoms with Crippen molar-refractivity contribution < 1.29 is 126 Å². The minimum atomic E-state index is -2.02. The largest absolute Gasteiger partial charge is 0.457 e. The number of unbranched alkanes of at least 4 members (excludes halogenated alkanes) is 42. The van der Waals surface area contributed by atoms with E-state index in [1.807, 2.05) is 0 Å². The fourth-order valence-corrected chi connectivity index (χ4v) is 18.5. The average molecular weight is 1770 g/mol. The number of aliphatic hydroxyl groups is 8. The molecule has 2 bridgehead atoms. The lowest BCUT2D eigenvalue weighted by atomic mass is 9.95. The molecule has 0 aliphatic carbocycles. The monoisotopic (exact) mass is 1770 g/mol. The van der Waals surface area contributed by atoms with Crippen LogP contribution in [0.15, 0.2) is 0 Å². The summed E-state index contributed by atoms with van der Waals surface area (Å²) >= 11 is 0. The summed E-state index contributed by atoms with van der Waals surface area (Å²) in [6, 6.07) is 0. The molecule has 124 heavy (non-hydrogen) atoms. The van der Waals surface area contributed by atoms with Crippen molar-refractivity contribution in [2.75, 3.05) is 6.61 Å². The molecule has 0 amide bonds. The number of fused-ring (bicyclic) bond motifs is 3. The van der Waals surface area contributed by atoms with Crippen molar-refractivity contribution >= 4 is 23.9 Å². The number of carbonyl (C=O) groups excluding carboxylic acids is 4. The fourth-order valence-electron chi connectivity index (χ4n) is 18.5. The van der Waals surface area contributed by atoms with Crippen LogP contribution in [0, 0.1) is 0 Å². The van der Waals surface area contributed by atoms with Crippen LogP contribution in [0.1, 0.15) is 434 Å². The lowest BCUT2D eigenvalue weighted by molar-refractivity contribution is -0.400. The van der Waals surface area contributed by atoms with Crippen LogP contribution in [-0.2, 0) is 85.5 Å². The van der Waals surface area contributed by atoms with Crippen LogP contribution in [0.4, 0.5) is 0 Å². The van der Waals surface area contributed by atoms with E-state index in [-0.39, 0.29) is 31.8 Å². The van der Waals surface area contributed by atoms with Crippen LogP contribution >= 0.6 is 0 Å². The second kappa shape index (κ2) is 65.7. The third-order valence-corrected chi connectivity index (χ3v) is 26.4. The third-order valence-electron chi connectivity index (χ3n) is 26.4. The molecule has 0 aromatic carbocycles. The molecule has 0 aromatic rings. The van der Waals surface area contributed by atoms with Crippen molar-refractivity contribution in [3.63, 3.8) is 0 Å². The Morgan fingerprint density at radius 2 is 0.677 bits per heavy atom. The van der Waals surface area contributed by atoms with E-state index in [2.05, 4.69) is 27.7 Å². The fraction of sp³-hybridized carbons (Fsp3) is 0.959. The molecule has 26 nitrogen and oxygen atoms in total. The number of ether oxygens (including phenoxy) is 14. The topological polar surface area (TPSA) is 359 Å². The SMILES string of the molecule is CCCCCCCCCCCCCCCCCCCC(=O)O[C@H]1[C@H](O)[C@@H](O[C@H]2[C@H](OC(=O)CCCCCCCCCCCCCCC)[C@@H](O[C@H]3[C@@H]4OC(=O)CCCCCCCCC[C@@H](CCCCC)O[C@@H]5O[C@H](C)[C@@H](O)[C@H](O)[C@H]5O[C@@H](O[C@H]3C)[C@H]4O)O[C@@H](C)[C@@H]2O[C@H]2O[C@@H](C)[C@H](OC(=O)CCCCCCCCCCCCCCC)[C@@H](O)[C@@H]2O)O[C@@H](CO)[C@@H]1O. The lowest BCUT2D eigenvalue weighted by Gasteiger charge is -2.51. The average Bonchev–Trinajstić information content (AvgIpc) is 0.764. The third kappa shape index (κ3) is 41.1. The van der Waals surface area contributed by atoms with E-state index in [0.29, 0.717) is 44.9 Å². The van der Waals surface area contributed by atoms with Gasteiger partial charge in [-0.1, -0.05) is 342 Å². The predicted octanol–water partition coefficient (Wildman–Crippen LogP) is 17.9. The van der Waals surface area contributed by atoms with E-state index in [4.69, 9.17) is 66.3 Å². The Morgan fingerprint density at radius 3 is 1.15 bits per heavy atom. The lowest BCUT2D eigenvalue weighted by Crippen LogP contribution is -2.68. The van der Waals surface area contributed by atoms with Gasteiger partial charge in [-0.3, -0.25) is 19.2 Å². The van der Waals surface area contributed by atoms with Crippen molar-refractivity contribution in [2.24, 2.45) is 0 Å². The highest BCUT2D eigenvalue weighted by molar-refractivity contribution is 5.71. The molecule has 0 aromatic heterocycles. The number of carbonyl (C=O) groups is 4. The Hall–Kier alpha value is -2.84. The molecular formula is C98H178O26. The zero-order valence-corrected chi connectivity index (χ0v) is 78.4. The molecule has 726 valence electrons. The van der Waals surface area contributed by atoms with Crippen molar-refractivity contribution in [1.82, 2.24) is 0 Å². The van der Waals surface area contributed by atoms with Crippen molar-refractivity contribution in [2.45, 2.75) is 594 Å². The molecule has 26 heteroatoms. The molecule has 6 heterocycles. The molecule has 6 saturated heterocycles. The molecule has 26 atom stereocenters. The smallest absolute Gasteiger partial charge is 0.306 e. The van der Waals surface area contributed by atoms with Gasteiger partial charge in [-0.05, 0) is 66.2 Å². The first-order valence-electron chi connectivity index (χ1n) is 50.9. The Kier molecular flexibility index (Phi) is 58.2. The second-order valence-electron chi connectivity index (χ2n) is 37.4. The first-order valence-corrected chi connectivity index (χ1v) is 50.9. The Labute approximate surface area is 747 Å². The predicted molar refractivity (Wildman–Crippen MR) is 474 cm³/mol. The van der Waals surface area contributed by atoms with Crippen LogP contribution in [0.2, 0.25) is 0 Å². The van der Waals surface area contributed by atoms with E-state index in [9.17, 15) is 60.0 Å². The minimum absolute atomic E-state index is 0.0446. The molecule has 0 radical (unpaired) electrons. The highest BCUT2D eigenvalue weighted by atomic mass is 16.8. The molecule has 0 unspecified atom stereocenters. The van der Waals surface area contributed by atoms with Crippen LogP contribution < -0.4 is 0 Å². The number of hydrogen-bond acceptors (Lipinski definition) is 26. The summed E-state index contributed by atoms with van der Waals surface area (Å²) in [4.78, 5) is 56.8. The summed E-state index contributed by atoms with van der Waals surface area (Å²) in [7, 11) is 0. The van der Waals surface area contributed by atoms with E-state index in [1.54, 1.807) is 27.7 Å². The maximum atomic E-state index is 15.0. The Balaban J connectivity index is 1.29. The Morgan fingerprint density at radius 1 is 0.306 bits per heavy atom. The van der Waals surface area contributed by atoms with Crippen molar-refractivity contribution in [1.29, 1.82) is 0 Å². The van der Waals surface area contributed by atoms with E-state index in [1.165, 1.54) is 161 Å². The van der Waals surface area contributed by atoms with Gasteiger partial charge in [0, 0.05) is 25.7 Å². The number of rotatable bonds is 60. The van der Waals surface area contributed by atoms with Gasteiger partial charge in [-0.15, -0.1) is 0 Å². The molecular weight excluding hydrogens is 1590 g/mol. The molecule has 8 N–H and O–H groups in total. The molecule has 6 fully saturated rings. The summed E-state index contributed by atoms with van der Waals surface area (Å²) in [5.74, 6) is -2.78. The van der Waals surface area contributed by atoms with Gasteiger partial charge in [0.1, 0.15) is 73.2 Å². The van der Waals surface area contributed by atoms with Gasteiger partial charge in [0.15, 0.2) is 55.9 Å². The van der Waals surface area contributed by atoms with Gasteiger partial charge in [0.05, 0.1) is 37.1 Å². The number of esters is 4. The van der Waals surface area contributed by atoms with Crippen molar-refractivity contribution in [3.8, 4) is 0 Å². The van der Waals surface area contributed by atoms with Crippen LogP contribution in [0.5, 0.6) is 0 Å².